The summed E-state index contributed by atoms with van der Waals surface area (Å²) in [5, 5.41) is 0. The van der Waals surface area contributed by atoms with Gasteiger partial charge in [0.15, 0.2) is 12.6 Å². The molecule has 2 aliphatic heterocycles. The molecule has 2 heterocycles. The van der Waals surface area contributed by atoms with E-state index in [0.29, 0.717) is 17.7 Å². The third-order valence-electron chi connectivity index (χ3n) is 7.64. The SMILES string of the molecule is CO[C@H]1[C@H](C)O[C@H](O[C@H]2[C@H](C)O[C@H](OCc3ccccc3)C[C@H]2OC(=O)c2ccccc2)C[C@H]1OC(=O)c1ccccc1. The Hall–Kier alpha value is -3.60. The largest absolute Gasteiger partial charge is 0.456 e. The van der Waals surface area contributed by atoms with Gasteiger partial charge in [-0.1, -0.05) is 66.7 Å². The molecule has 2 aliphatic rings. The molecule has 2 fully saturated rings. The molecule has 0 N–H and O–H groups in total. The predicted octanol–water partition coefficient (Wildman–Crippen LogP) is 5.32. The van der Waals surface area contributed by atoms with Crippen molar-refractivity contribution in [3.63, 3.8) is 0 Å². The number of rotatable bonds is 10. The van der Waals surface area contributed by atoms with Gasteiger partial charge in [-0.3, -0.25) is 0 Å². The van der Waals surface area contributed by atoms with Crippen LogP contribution in [0.15, 0.2) is 91.0 Å². The molecule has 0 saturated carbocycles. The number of esters is 2. The minimum atomic E-state index is -0.772. The van der Waals surface area contributed by atoms with Crippen molar-refractivity contribution in [2.24, 2.45) is 0 Å². The minimum absolute atomic E-state index is 0.220. The molecule has 0 spiro atoms. The van der Waals surface area contributed by atoms with Crippen LogP contribution in [-0.4, -0.2) is 68.3 Å². The molecule has 0 radical (unpaired) electrons. The van der Waals surface area contributed by atoms with E-state index in [2.05, 4.69) is 0 Å². The van der Waals surface area contributed by atoms with Crippen LogP contribution in [-0.2, 0) is 39.8 Å². The molecule has 0 bridgehead atoms. The van der Waals surface area contributed by atoms with Crippen molar-refractivity contribution in [3.05, 3.63) is 108 Å². The zero-order valence-corrected chi connectivity index (χ0v) is 24.6. The first-order chi connectivity index (χ1) is 20.9. The fourth-order valence-electron chi connectivity index (χ4n) is 5.46. The van der Waals surface area contributed by atoms with Crippen LogP contribution in [0.2, 0.25) is 0 Å². The van der Waals surface area contributed by atoms with Gasteiger partial charge >= 0.3 is 11.9 Å². The molecule has 2 saturated heterocycles. The summed E-state index contributed by atoms with van der Waals surface area (Å²) in [6.45, 7) is 4.04. The van der Waals surface area contributed by atoms with Crippen molar-refractivity contribution in [1.29, 1.82) is 0 Å². The zero-order valence-electron chi connectivity index (χ0n) is 24.6. The molecule has 3 aromatic carbocycles. The Morgan fingerprint density at radius 1 is 0.674 bits per heavy atom. The quantitative estimate of drug-likeness (QED) is 0.290. The van der Waals surface area contributed by atoms with E-state index < -0.39 is 61.1 Å². The van der Waals surface area contributed by atoms with E-state index in [-0.39, 0.29) is 12.8 Å². The van der Waals surface area contributed by atoms with Crippen LogP contribution >= 0.6 is 0 Å². The number of hydrogen-bond acceptors (Lipinski definition) is 9. The number of hydrogen-bond donors (Lipinski definition) is 0. The Balaban J connectivity index is 1.30. The summed E-state index contributed by atoms with van der Waals surface area (Å²) < 4.78 is 42.4. The van der Waals surface area contributed by atoms with E-state index in [9.17, 15) is 9.59 Å². The van der Waals surface area contributed by atoms with Gasteiger partial charge in [0.2, 0.25) is 0 Å². The zero-order chi connectivity index (χ0) is 30.2. The molecule has 8 atom stereocenters. The van der Waals surface area contributed by atoms with E-state index in [4.69, 9.17) is 33.2 Å². The molecular formula is C34H38O9. The van der Waals surface area contributed by atoms with Gasteiger partial charge in [0.25, 0.3) is 0 Å². The van der Waals surface area contributed by atoms with Crippen LogP contribution in [0.4, 0.5) is 0 Å². The average Bonchev–Trinajstić information content (AvgIpc) is 3.03. The van der Waals surface area contributed by atoms with Gasteiger partial charge in [0.05, 0.1) is 29.9 Å². The lowest BCUT2D eigenvalue weighted by Gasteiger charge is -2.44. The Morgan fingerprint density at radius 3 is 1.70 bits per heavy atom. The number of benzene rings is 3. The van der Waals surface area contributed by atoms with Crippen molar-refractivity contribution < 1.29 is 42.7 Å². The summed E-state index contributed by atoms with van der Waals surface area (Å²) in [4.78, 5) is 26.0. The van der Waals surface area contributed by atoms with Gasteiger partial charge in [-0.25, -0.2) is 9.59 Å². The molecule has 0 aliphatic carbocycles. The van der Waals surface area contributed by atoms with Crippen LogP contribution in [0.3, 0.4) is 0 Å². The van der Waals surface area contributed by atoms with E-state index in [1.54, 1.807) is 55.6 Å². The Bertz CT molecular complexity index is 1300. The third kappa shape index (κ3) is 8.07. The standard InChI is InChI=1S/C34H38O9/c1-22-31(37-3)27(41-33(35)25-15-9-5-10-16-25)20-30(40-22)43-32-23(2)39-29(38-21-24-13-7-4-8-14-24)19-28(32)42-34(36)26-17-11-6-12-18-26/h4-18,22-23,27-32H,19-21H2,1-3H3/t22-,23-,27+,28+,29-,30+,31-,32-/m0/s1. The van der Waals surface area contributed by atoms with Crippen LogP contribution in [0, 0.1) is 0 Å². The van der Waals surface area contributed by atoms with E-state index >= 15 is 0 Å². The lowest BCUT2D eigenvalue weighted by atomic mass is 9.99. The monoisotopic (exact) mass is 590 g/mol. The van der Waals surface area contributed by atoms with Gasteiger partial charge in [-0.15, -0.1) is 0 Å². The lowest BCUT2D eigenvalue weighted by Crippen LogP contribution is -2.55. The fraction of sp³-hybridized carbons (Fsp3) is 0.412. The van der Waals surface area contributed by atoms with Crippen molar-refractivity contribution in [2.45, 2.75) is 82.5 Å². The van der Waals surface area contributed by atoms with Crippen LogP contribution in [0.25, 0.3) is 0 Å². The summed E-state index contributed by atoms with van der Waals surface area (Å²) in [5.74, 6) is -0.926. The number of ether oxygens (including phenoxy) is 7. The molecule has 228 valence electrons. The highest BCUT2D eigenvalue weighted by Gasteiger charge is 2.45. The molecule has 0 amide bonds. The molecule has 0 aromatic heterocycles. The predicted molar refractivity (Wildman–Crippen MR) is 156 cm³/mol. The average molecular weight is 591 g/mol. The molecule has 9 heteroatoms. The first kappa shape index (κ1) is 30.8. The highest BCUT2D eigenvalue weighted by atomic mass is 16.7. The molecule has 3 aromatic rings. The Kier molecular flexibility index (Phi) is 10.6. The number of carbonyl (C=O) groups is 2. The normalized spacial score (nSPS) is 29.0. The highest BCUT2D eigenvalue weighted by Crippen LogP contribution is 2.32. The van der Waals surface area contributed by atoms with E-state index in [1.165, 1.54) is 0 Å². The summed E-state index contributed by atoms with van der Waals surface area (Å²) in [5.41, 5.74) is 1.88. The molecule has 9 nitrogen and oxygen atoms in total. The van der Waals surface area contributed by atoms with E-state index in [0.717, 1.165) is 5.56 Å². The second kappa shape index (κ2) is 14.7. The van der Waals surface area contributed by atoms with Crippen LogP contribution in [0.1, 0.15) is 53.0 Å². The van der Waals surface area contributed by atoms with Crippen molar-refractivity contribution >= 4 is 11.9 Å². The maximum atomic E-state index is 13.1. The second-order valence-corrected chi connectivity index (χ2v) is 10.7. The van der Waals surface area contributed by atoms with Gasteiger partial charge in [0, 0.05) is 20.0 Å². The summed E-state index contributed by atoms with van der Waals surface area (Å²) in [6.07, 6.45) is -4.34. The van der Waals surface area contributed by atoms with Crippen LogP contribution in [0.5, 0.6) is 0 Å². The third-order valence-corrected chi connectivity index (χ3v) is 7.64. The minimum Gasteiger partial charge on any atom is -0.456 e. The first-order valence-corrected chi connectivity index (χ1v) is 14.6. The maximum Gasteiger partial charge on any atom is 0.338 e. The molecular weight excluding hydrogens is 552 g/mol. The molecule has 0 unspecified atom stereocenters. The Labute approximate surface area is 251 Å². The van der Waals surface area contributed by atoms with Crippen molar-refractivity contribution in [1.82, 2.24) is 0 Å². The van der Waals surface area contributed by atoms with Crippen molar-refractivity contribution in [3.8, 4) is 0 Å². The van der Waals surface area contributed by atoms with Crippen molar-refractivity contribution in [2.75, 3.05) is 7.11 Å². The second-order valence-electron chi connectivity index (χ2n) is 10.7. The maximum absolute atomic E-state index is 13.1. The van der Waals surface area contributed by atoms with Gasteiger partial charge in [-0.05, 0) is 43.7 Å². The molecule has 43 heavy (non-hydrogen) atoms. The first-order valence-electron chi connectivity index (χ1n) is 14.6. The van der Waals surface area contributed by atoms with Gasteiger partial charge in [0.1, 0.15) is 24.4 Å². The smallest absolute Gasteiger partial charge is 0.338 e. The number of carbonyl (C=O) groups excluding carboxylic acids is 2. The van der Waals surface area contributed by atoms with Crippen LogP contribution < -0.4 is 0 Å². The highest BCUT2D eigenvalue weighted by molar-refractivity contribution is 5.89. The van der Waals surface area contributed by atoms with Gasteiger partial charge in [-0.2, -0.15) is 0 Å². The summed E-state index contributed by atoms with van der Waals surface area (Å²) in [6, 6.07) is 27.4. The topological polar surface area (TPSA) is 98.8 Å². The van der Waals surface area contributed by atoms with Gasteiger partial charge < -0.3 is 33.2 Å². The van der Waals surface area contributed by atoms with E-state index in [1.807, 2.05) is 56.3 Å². The summed E-state index contributed by atoms with van der Waals surface area (Å²) in [7, 11) is 1.56. The molecule has 5 rings (SSSR count). The fourth-order valence-corrected chi connectivity index (χ4v) is 5.46. The summed E-state index contributed by atoms with van der Waals surface area (Å²) >= 11 is 0. The Morgan fingerprint density at radius 2 is 1.14 bits per heavy atom. The lowest BCUT2D eigenvalue weighted by molar-refractivity contribution is -0.313. The number of methoxy groups -OCH3 is 1.